The molecule has 6 rings (SSSR count). The average Bonchev–Trinajstić information content (AvgIpc) is 3.31. The standard InChI is InChI=1S/C29H29N2O8P/c32-23-16-26(31-14-13-25(33)30-29(31)34)39-24(23)17-38-40(35,36)37-15-2-1-4-18-7-8-21-10-9-19-5-3-6-20-11-12-22(18)28(21)27(19)20/h3,5-14,23-24,26,32H,1-2,4,15-17H2,(H,35,36)(H,30,33,34)/t23?,24-,26-/m1/s1. The van der Waals surface area contributed by atoms with Crippen molar-refractivity contribution in [1.82, 2.24) is 9.55 Å². The smallest absolute Gasteiger partial charge is 0.390 e. The monoisotopic (exact) mass is 564 g/mol. The van der Waals surface area contributed by atoms with Gasteiger partial charge in [-0.15, -0.1) is 0 Å². The molecule has 11 heteroatoms. The Morgan fingerprint density at radius 2 is 1.68 bits per heavy atom. The van der Waals surface area contributed by atoms with Gasteiger partial charge >= 0.3 is 13.5 Å². The molecule has 0 amide bonds. The van der Waals surface area contributed by atoms with Gasteiger partial charge in [0.2, 0.25) is 0 Å². The van der Waals surface area contributed by atoms with E-state index in [-0.39, 0.29) is 13.0 Å². The molecule has 2 heterocycles. The zero-order valence-corrected chi connectivity index (χ0v) is 22.5. The number of aryl methyl sites for hydroxylation is 1. The van der Waals surface area contributed by atoms with Crippen molar-refractivity contribution in [2.24, 2.45) is 0 Å². The number of aromatic nitrogens is 2. The van der Waals surface area contributed by atoms with E-state index in [1.54, 1.807) is 0 Å². The molecular formula is C29H29N2O8P. The van der Waals surface area contributed by atoms with Gasteiger partial charge in [-0.2, -0.15) is 0 Å². The van der Waals surface area contributed by atoms with Crippen LogP contribution >= 0.6 is 7.82 Å². The number of hydrogen-bond acceptors (Lipinski definition) is 7. The molecule has 0 bridgehead atoms. The molecule has 3 N–H and O–H groups in total. The quantitative estimate of drug-likeness (QED) is 0.130. The van der Waals surface area contributed by atoms with Crippen LogP contribution in [0, 0.1) is 0 Å². The van der Waals surface area contributed by atoms with Crippen molar-refractivity contribution in [3.05, 3.63) is 93.3 Å². The van der Waals surface area contributed by atoms with Crippen LogP contribution in [0.3, 0.4) is 0 Å². The van der Waals surface area contributed by atoms with Gasteiger partial charge in [-0.05, 0) is 57.1 Å². The van der Waals surface area contributed by atoms with Crippen molar-refractivity contribution in [2.75, 3.05) is 13.2 Å². The highest BCUT2D eigenvalue weighted by molar-refractivity contribution is 7.47. The SMILES string of the molecule is O=c1ccn([C@H]2CC(O)[C@@H](COP(=O)(O)OCCCCc3ccc4ccc5cccc6ccc3c4c56)O2)c(=O)[nH]1. The average molecular weight is 565 g/mol. The second-order valence-electron chi connectivity index (χ2n) is 10.1. The second kappa shape index (κ2) is 10.9. The van der Waals surface area contributed by atoms with Crippen molar-refractivity contribution in [3.8, 4) is 0 Å². The number of benzene rings is 4. The summed E-state index contributed by atoms with van der Waals surface area (Å²) in [5, 5.41) is 17.7. The zero-order valence-electron chi connectivity index (χ0n) is 21.6. The molecule has 1 fully saturated rings. The minimum absolute atomic E-state index is 0.0308. The van der Waals surface area contributed by atoms with Crippen LogP contribution < -0.4 is 11.2 Å². The number of H-pyrrole nitrogens is 1. The lowest BCUT2D eigenvalue weighted by atomic mass is 9.91. The van der Waals surface area contributed by atoms with Gasteiger partial charge in [0.15, 0.2) is 0 Å². The van der Waals surface area contributed by atoms with Crippen molar-refractivity contribution < 1.29 is 28.3 Å². The summed E-state index contributed by atoms with van der Waals surface area (Å²) in [6, 6.07) is 20.4. The molecule has 1 saturated heterocycles. The number of phosphoric ester groups is 1. The van der Waals surface area contributed by atoms with E-state index >= 15 is 0 Å². The Morgan fingerprint density at radius 3 is 2.45 bits per heavy atom. The van der Waals surface area contributed by atoms with Gasteiger partial charge in [0.05, 0.1) is 19.3 Å². The van der Waals surface area contributed by atoms with Gasteiger partial charge in [0.1, 0.15) is 12.3 Å². The number of rotatable bonds is 10. The summed E-state index contributed by atoms with van der Waals surface area (Å²) in [5.74, 6) is 0. The molecule has 0 aliphatic carbocycles. The number of nitrogens with zero attached hydrogens (tertiary/aromatic N) is 1. The van der Waals surface area contributed by atoms with Crippen LogP contribution in [0.1, 0.15) is 31.1 Å². The lowest BCUT2D eigenvalue weighted by molar-refractivity contribution is -0.0465. The summed E-state index contributed by atoms with van der Waals surface area (Å²) in [4.78, 5) is 35.5. The molecule has 0 saturated carbocycles. The molecule has 10 nitrogen and oxygen atoms in total. The first kappa shape index (κ1) is 26.8. The van der Waals surface area contributed by atoms with Gasteiger partial charge < -0.3 is 14.7 Å². The number of aromatic amines is 1. The maximum absolute atomic E-state index is 12.4. The summed E-state index contributed by atoms with van der Waals surface area (Å²) < 4.78 is 29.4. The van der Waals surface area contributed by atoms with Gasteiger partial charge in [0, 0.05) is 18.7 Å². The van der Waals surface area contributed by atoms with Crippen LogP contribution in [-0.4, -0.2) is 45.0 Å². The number of phosphoric acid groups is 1. The molecule has 208 valence electrons. The van der Waals surface area contributed by atoms with E-state index in [1.165, 1.54) is 50.1 Å². The molecule has 0 radical (unpaired) electrons. The summed E-state index contributed by atoms with van der Waals surface area (Å²) in [6.07, 6.45) is 0.606. The van der Waals surface area contributed by atoms with Crippen LogP contribution in [-0.2, 0) is 24.8 Å². The van der Waals surface area contributed by atoms with Gasteiger partial charge in [-0.3, -0.25) is 23.4 Å². The van der Waals surface area contributed by atoms with Gasteiger partial charge in [-0.1, -0.05) is 54.6 Å². The molecule has 0 spiro atoms. The first-order valence-electron chi connectivity index (χ1n) is 13.2. The number of aliphatic hydroxyl groups is 1. The maximum Gasteiger partial charge on any atom is 0.472 e. The third kappa shape index (κ3) is 5.34. The van der Waals surface area contributed by atoms with E-state index in [0.717, 1.165) is 17.4 Å². The Labute approximate surface area is 228 Å². The van der Waals surface area contributed by atoms with E-state index < -0.39 is 44.1 Å². The molecule has 1 aliphatic rings. The van der Waals surface area contributed by atoms with E-state index in [2.05, 4.69) is 59.6 Å². The summed E-state index contributed by atoms with van der Waals surface area (Å²) >= 11 is 0. The van der Waals surface area contributed by atoms with Crippen LogP contribution in [0.5, 0.6) is 0 Å². The normalized spacial score (nSPS) is 21.0. The topological polar surface area (TPSA) is 140 Å². The van der Waals surface area contributed by atoms with Crippen molar-refractivity contribution in [3.63, 3.8) is 0 Å². The highest BCUT2D eigenvalue weighted by Gasteiger charge is 2.37. The Morgan fingerprint density at radius 1 is 0.950 bits per heavy atom. The maximum atomic E-state index is 12.4. The second-order valence-corrected chi connectivity index (χ2v) is 11.5. The highest BCUT2D eigenvalue weighted by atomic mass is 31.2. The Balaban J connectivity index is 1.01. The van der Waals surface area contributed by atoms with Crippen LogP contribution in [0.25, 0.3) is 32.3 Å². The number of nitrogens with one attached hydrogen (secondary N) is 1. The third-order valence-corrected chi connectivity index (χ3v) is 8.47. The van der Waals surface area contributed by atoms with E-state index in [0.29, 0.717) is 6.42 Å². The van der Waals surface area contributed by atoms with Crippen LogP contribution in [0.15, 0.2) is 76.4 Å². The first-order chi connectivity index (χ1) is 19.3. The predicted molar refractivity (Wildman–Crippen MR) is 151 cm³/mol. The molecule has 4 atom stereocenters. The summed E-state index contributed by atoms with van der Waals surface area (Å²) in [6.45, 7) is -0.366. The number of ether oxygens (including phenoxy) is 1. The van der Waals surface area contributed by atoms with Crippen molar-refractivity contribution >= 4 is 40.1 Å². The molecule has 4 aromatic carbocycles. The first-order valence-corrected chi connectivity index (χ1v) is 14.7. The fourth-order valence-corrected chi connectivity index (χ4v) is 6.28. The van der Waals surface area contributed by atoms with Crippen molar-refractivity contribution in [2.45, 2.75) is 44.1 Å². The minimum atomic E-state index is -4.38. The highest BCUT2D eigenvalue weighted by Crippen LogP contribution is 2.44. The molecule has 2 unspecified atom stereocenters. The van der Waals surface area contributed by atoms with Crippen LogP contribution in [0.4, 0.5) is 0 Å². The molecule has 5 aromatic rings. The largest absolute Gasteiger partial charge is 0.472 e. The van der Waals surface area contributed by atoms with Gasteiger partial charge in [0.25, 0.3) is 5.56 Å². The molecule has 1 aromatic heterocycles. The zero-order chi connectivity index (χ0) is 27.9. The van der Waals surface area contributed by atoms with E-state index in [4.69, 9.17) is 13.8 Å². The van der Waals surface area contributed by atoms with Crippen LogP contribution in [0.2, 0.25) is 0 Å². The number of aliphatic hydroxyl groups excluding tert-OH is 1. The fourth-order valence-electron chi connectivity index (χ4n) is 5.51. The van der Waals surface area contributed by atoms with Gasteiger partial charge in [-0.25, -0.2) is 9.36 Å². The minimum Gasteiger partial charge on any atom is -0.390 e. The summed E-state index contributed by atoms with van der Waals surface area (Å²) in [7, 11) is -4.38. The lowest BCUT2D eigenvalue weighted by Gasteiger charge is -2.18. The fraction of sp³-hybridized carbons (Fsp3) is 0.310. The molecule has 40 heavy (non-hydrogen) atoms. The Kier molecular flexibility index (Phi) is 7.31. The molecular weight excluding hydrogens is 535 g/mol. The van der Waals surface area contributed by atoms with E-state index in [9.17, 15) is 24.2 Å². The van der Waals surface area contributed by atoms with E-state index in [1.807, 2.05) is 0 Å². The lowest BCUT2D eigenvalue weighted by Crippen LogP contribution is -2.31. The number of hydrogen-bond donors (Lipinski definition) is 3. The predicted octanol–water partition coefficient (Wildman–Crippen LogP) is 4.24. The number of unbranched alkanes of at least 4 members (excludes halogenated alkanes) is 1. The van der Waals surface area contributed by atoms with Crippen molar-refractivity contribution in [1.29, 1.82) is 0 Å². The molecule has 1 aliphatic heterocycles. The third-order valence-electron chi connectivity index (χ3n) is 7.48. The summed E-state index contributed by atoms with van der Waals surface area (Å²) in [5.41, 5.74) is -0.00351. The Hall–Kier alpha value is -3.37. The Bertz CT molecular complexity index is 1820.